The maximum Gasteiger partial charge on any atom is 0.192 e. The summed E-state index contributed by atoms with van der Waals surface area (Å²) in [5.74, 6) is 0. The second-order valence-corrected chi connectivity index (χ2v) is 23.9. The minimum absolute atomic E-state index is 0.278. The van der Waals surface area contributed by atoms with E-state index in [-0.39, 0.29) is 5.04 Å². The second kappa shape index (κ2) is 9.65. The Kier molecular flexibility index (Phi) is 9.09. The van der Waals surface area contributed by atoms with Crippen LogP contribution in [0.2, 0.25) is 36.3 Å². The summed E-state index contributed by atoms with van der Waals surface area (Å²) in [6.45, 7) is 24.2. The summed E-state index contributed by atoms with van der Waals surface area (Å²) >= 11 is 9.82. The van der Waals surface area contributed by atoms with Gasteiger partial charge in [-0.1, -0.05) is 82.7 Å². The van der Waals surface area contributed by atoms with Gasteiger partial charge in [0.2, 0.25) is 0 Å². The van der Waals surface area contributed by atoms with Gasteiger partial charge in [0.25, 0.3) is 0 Å². The fraction of sp³-hybridized carbons (Fsp3) is 0.727. The molecule has 1 aliphatic heterocycles. The summed E-state index contributed by atoms with van der Waals surface area (Å²) < 4.78 is 7.58. The van der Waals surface area contributed by atoms with Gasteiger partial charge < -0.3 is 9.74 Å². The van der Waals surface area contributed by atoms with Crippen LogP contribution in [-0.2, 0) is 17.4 Å². The highest BCUT2D eigenvalue weighted by atomic mass is 79.9. The third-order valence-electron chi connectivity index (χ3n) is 6.48. The van der Waals surface area contributed by atoms with E-state index >= 15 is 0 Å². The zero-order chi connectivity index (χ0) is 22.0. The van der Waals surface area contributed by atoms with Crippen molar-refractivity contribution in [3.05, 3.63) is 33.8 Å². The van der Waals surface area contributed by atoms with Crippen LogP contribution in [0.1, 0.15) is 52.7 Å². The molecule has 6 heteroatoms. The van der Waals surface area contributed by atoms with Crippen LogP contribution in [0.5, 0.6) is 0 Å². The van der Waals surface area contributed by atoms with Gasteiger partial charge in [0, 0.05) is 23.7 Å². The molecule has 0 amide bonds. The van der Waals surface area contributed by atoms with Gasteiger partial charge in [0.1, 0.15) is 0 Å². The molecule has 2 rings (SSSR count). The van der Waals surface area contributed by atoms with Crippen LogP contribution in [0.3, 0.4) is 0 Å². The number of hydrogen-bond donors (Lipinski definition) is 1. The van der Waals surface area contributed by atoms with Crippen LogP contribution in [0, 0.1) is 0 Å². The first-order valence-electron chi connectivity index (χ1n) is 10.3. The third kappa shape index (κ3) is 7.55. The number of fused-ring (bicyclic) bond motifs is 1. The Bertz CT molecular complexity index is 633. The molecule has 0 unspecified atom stereocenters. The molecule has 2 nitrogen and oxygen atoms in total. The van der Waals surface area contributed by atoms with Crippen molar-refractivity contribution in [2.75, 3.05) is 6.61 Å². The molecule has 0 fully saturated rings. The maximum atomic E-state index is 6.35. The molecule has 162 valence electrons. The van der Waals surface area contributed by atoms with Crippen LogP contribution < -0.4 is 5.32 Å². The highest BCUT2D eigenvalue weighted by Crippen LogP contribution is 2.38. The average molecular weight is 507 g/mol. The van der Waals surface area contributed by atoms with Crippen molar-refractivity contribution in [1.82, 2.24) is 5.32 Å². The van der Waals surface area contributed by atoms with E-state index in [0.29, 0.717) is 11.1 Å². The van der Waals surface area contributed by atoms with Gasteiger partial charge in [-0.2, -0.15) is 11.1 Å². The largest absolute Gasteiger partial charge is 0.415 e. The van der Waals surface area contributed by atoms with E-state index in [0.717, 1.165) is 19.6 Å². The standard InChI is InChI=1S/C16H26BrNOSi.C6H15ClSi/c1-16(2,3)20(4,5)19-11-13-9-14-12(10-18-13)7-6-8-15(14)17;1-6(2,3)8(4,5)7/h6-8,13,18H,9-11H2,1-5H3;1-5H3/t13-;/m1./s1. The SMILES string of the molecule is CC(C)(C)[Si](C)(C)Cl.CC(C)(C)[Si](C)(C)OC[C@H]1Cc2c(Br)cccc2CN1. The Morgan fingerprint density at radius 1 is 1.07 bits per heavy atom. The summed E-state index contributed by atoms with van der Waals surface area (Å²) in [4.78, 5) is 0. The molecule has 0 aromatic heterocycles. The first-order valence-corrected chi connectivity index (χ1v) is 18.0. The zero-order valence-electron chi connectivity index (χ0n) is 19.6. The van der Waals surface area contributed by atoms with Crippen molar-refractivity contribution in [3.63, 3.8) is 0 Å². The van der Waals surface area contributed by atoms with Crippen molar-refractivity contribution in [2.45, 2.75) is 96.8 Å². The quantitative estimate of drug-likeness (QED) is 0.334. The topological polar surface area (TPSA) is 21.3 Å². The van der Waals surface area contributed by atoms with Crippen molar-refractivity contribution >= 4 is 42.7 Å². The molecule has 0 saturated carbocycles. The van der Waals surface area contributed by atoms with Gasteiger partial charge >= 0.3 is 0 Å². The van der Waals surface area contributed by atoms with E-state index in [1.54, 1.807) is 0 Å². The Hall–Kier alpha value is 0.344. The summed E-state index contributed by atoms with van der Waals surface area (Å²) in [5.41, 5.74) is 2.85. The van der Waals surface area contributed by atoms with Crippen LogP contribution in [0.15, 0.2) is 22.7 Å². The predicted molar refractivity (Wildman–Crippen MR) is 135 cm³/mol. The minimum Gasteiger partial charge on any atom is -0.415 e. The molecular formula is C22H41BrClNOSi2. The minimum atomic E-state index is -1.65. The predicted octanol–water partition coefficient (Wildman–Crippen LogP) is 7.72. The number of halogens is 2. The van der Waals surface area contributed by atoms with E-state index < -0.39 is 15.7 Å². The molecule has 0 radical (unpaired) electrons. The fourth-order valence-corrected chi connectivity index (χ4v) is 3.83. The van der Waals surface area contributed by atoms with Crippen molar-refractivity contribution in [1.29, 1.82) is 0 Å². The molecule has 0 bridgehead atoms. The monoisotopic (exact) mass is 505 g/mol. The molecule has 1 aliphatic rings. The maximum absolute atomic E-state index is 6.35. The molecule has 1 aromatic rings. The Balaban J connectivity index is 0.000000416. The van der Waals surface area contributed by atoms with Gasteiger partial charge in [-0.3, -0.25) is 0 Å². The second-order valence-electron chi connectivity index (χ2n) is 11.0. The highest BCUT2D eigenvalue weighted by Gasteiger charge is 2.38. The molecule has 0 aliphatic carbocycles. The lowest BCUT2D eigenvalue weighted by Crippen LogP contribution is -2.46. The summed E-state index contributed by atoms with van der Waals surface area (Å²) in [5, 5.41) is 4.22. The van der Waals surface area contributed by atoms with E-state index in [1.165, 1.54) is 15.6 Å². The molecule has 28 heavy (non-hydrogen) atoms. The number of nitrogens with one attached hydrogen (secondary N) is 1. The highest BCUT2D eigenvalue weighted by molar-refractivity contribution is 9.10. The van der Waals surface area contributed by atoms with Gasteiger partial charge in [-0.15, -0.1) is 0 Å². The Morgan fingerprint density at radius 2 is 1.61 bits per heavy atom. The average Bonchev–Trinajstić information content (AvgIpc) is 2.51. The summed E-state index contributed by atoms with van der Waals surface area (Å²) in [6.07, 6.45) is 1.05. The lowest BCUT2D eigenvalue weighted by atomic mass is 9.96. The number of benzene rings is 1. The fourth-order valence-electron chi connectivity index (χ4n) is 2.21. The Labute approximate surface area is 189 Å². The van der Waals surface area contributed by atoms with Crippen LogP contribution in [0.4, 0.5) is 0 Å². The normalized spacial score (nSPS) is 18.2. The molecule has 1 heterocycles. The molecule has 1 N–H and O–H groups in total. The van der Waals surface area contributed by atoms with Gasteiger partial charge in [-0.25, -0.2) is 0 Å². The first kappa shape index (κ1) is 26.4. The lowest BCUT2D eigenvalue weighted by Gasteiger charge is -2.38. The van der Waals surface area contributed by atoms with E-state index in [2.05, 4.69) is 107 Å². The number of rotatable bonds is 3. The van der Waals surface area contributed by atoms with Crippen molar-refractivity contribution in [2.24, 2.45) is 0 Å². The molecule has 1 aromatic carbocycles. The Morgan fingerprint density at radius 3 is 2.07 bits per heavy atom. The molecular weight excluding hydrogens is 466 g/mol. The molecule has 1 atom stereocenters. The number of hydrogen-bond acceptors (Lipinski definition) is 2. The lowest BCUT2D eigenvalue weighted by molar-refractivity contribution is 0.236. The first-order chi connectivity index (χ1) is 12.5. The zero-order valence-corrected chi connectivity index (χ0v) is 23.9. The van der Waals surface area contributed by atoms with E-state index in [4.69, 9.17) is 15.5 Å². The molecule has 0 spiro atoms. The third-order valence-corrected chi connectivity index (χ3v) is 17.0. The van der Waals surface area contributed by atoms with Crippen molar-refractivity contribution in [3.8, 4) is 0 Å². The molecule has 0 saturated heterocycles. The van der Waals surface area contributed by atoms with Crippen LogP contribution in [-0.4, -0.2) is 28.3 Å². The van der Waals surface area contributed by atoms with Gasteiger partial charge in [0.05, 0.1) is 0 Å². The van der Waals surface area contributed by atoms with E-state index in [1.807, 2.05) is 0 Å². The van der Waals surface area contributed by atoms with Gasteiger partial charge in [0.15, 0.2) is 15.7 Å². The van der Waals surface area contributed by atoms with Crippen LogP contribution in [0.25, 0.3) is 0 Å². The summed E-state index contributed by atoms with van der Waals surface area (Å²) in [7, 11) is -3.03. The van der Waals surface area contributed by atoms with Crippen LogP contribution >= 0.6 is 27.0 Å². The van der Waals surface area contributed by atoms with Crippen molar-refractivity contribution < 1.29 is 4.43 Å². The van der Waals surface area contributed by atoms with E-state index in [9.17, 15) is 0 Å². The van der Waals surface area contributed by atoms with Gasteiger partial charge in [-0.05, 0) is 46.8 Å². The smallest absolute Gasteiger partial charge is 0.192 e. The summed E-state index contributed by atoms with van der Waals surface area (Å²) in [6, 6.07) is 6.88.